The molecule has 1 aromatic heterocycles. The molecule has 28 heavy (non-hydrogen) atoms. The van der Waals surface area contributed by atoms with Crippen molar-refractivity contribution in [2.75, 3.05) is 6.54 Å². The number of guanidine groups is 1. The lowest BCUT2D eigenvalue weighted by Crippen LogP contribution is -2.37. The highest BCUT2D eigenvalue weighted by Crippen LogP contribution is 2.21. The minimum Gasteiger partial charge on any atom is -0.434 e. The predicted molar refractivity (Wildman–Crippen MR) is 105 cm³/mol. The minimum absolute atomic E-state index is 0.132. The summed E-state index contributed by atoms with van der Waals surface area (Å²) in [7, 11) is 1.97. The Morgan fingerprint density at radius 2 is 1.89 bits per heavy atom. The van der Waals surface area contributed by atoms with Gasteiger partial charge in [0.05, 0.1) is 24.1 Å². The smallest absolute Gasteiger partial charge is 0.387 e. The van der Waals surface area contributed by atoms with E-state index in [0.717, 1.165) is 16.9 Å². The zero-order chi connectivity index (χ0) is 19.9. The number of aryl methyl sites for hydroxylation is 1. The van der Waals surface area contributed by atoms with Gasteiger partial charge < -0.3 is 19.9 Å². The van der Waals surface area contributed by atoms with Crippen molar-refractivity contribution in [1.82, 2.24) is 20.2 Å². The summed E-state index contributed by atoms with van der Waals surface area (Å²) in [5.41, 5.74) is 2.57. The number of fused-ring (bicyclic) bond motifs is 1. The zero-order valence-corrected chi connectivity index (χ0v) is 15.8. The second-order valence-corrected chi connectivity index (χ2v) is 6.11. The number of hydrogen-bond acceptors (Lipinski definition) is 3. The average Bonchev–Trinajstić information content (AvgIpc) is 3.01. The number of rotatable bonds is 7. The maximum absolute atomic E-state index is 12.6. The molecule has 3 aromatic rings. The lowest BCUT2D eigenvalue weighted by atomic mass is 10.2. The molecule has 0 aliphatic carbocycles. The Kier molecular flexibility index (Phi) is 6.41. The van der Waals surface area contributed by atoms with Crippen LogP contribution >= 0.6 is 0 Å². The molecular weight excluding hydrogens is 364 g/mol. The number of aliphatic imine (C=N–C) groups is 1. The number of nitrogens with one attached hydrogen (secondary N) is 2. The number of benzene rings is 2. The van der Waals surface area contributed by atoms with E-state index in [1.54, 1.807) is 18.2 Å². The highest BCUT2D eigenvalue weighted by Gasteiger charge is 2.10. The Labute approximate surface area is 162 Å². The molecular formula is C20H23F2N5O. The second kappa shape index (κ2) is 9.16. The molecule has 0 fully saturated rings. The van der Waals surface area contributed by atoms with Crippen LogP contribution in [0.1, 0.15) is 18.3 Å². The molecule has 0 saturated heterocycles. The molecule has 0 aliphatic rings. The Hall–Kier alpha value is -3.16. The quantitative estimate of drug-likeness (QED) is 0.482. The SMILES string of the molecule is CCNC(=NCc1ccccc1OC(F)F)NCc1nc2ccccc2n1C. The van der Waals surface area contributed by atoms with Gasteiger partial charge in [-0.05, 0) is 25.1 Å². The highest BCUT2D eigenvalue weighted by atomic mass is 19.3. The van der Waals surface area contributed by atoms with Crippen LogP contribution in [0.4, 0.5) is 8.78 Å². The molecule has 1 heterocycles. The van der Waals surface area contributed by atoms with Crippen LogP contribution in [0.15, 0.2) is 53.5 Å². The summed E-state index contributed by atoms with van der Waals surface area (Å²) >= 11 is 0. The van der Waals surface area contributed by atoms with Crippen molar-refractivity contribution in [3.05, 3.63) is 59.9 Å². The summed E-state index contributed by atoms with van der Waals surface area (Å²) < 4.78 is 31.7. The molecule has 0 spiro atoms. The molecule has 6 nitrogen and oxygen atoms in total. The van der Waals surface area contributed by atoms with Gasteiger partial charge in [0.15, 0.2) is 5.96 Å². The molecule has 0 atom stereocenters. The van der Waals surface area contributed by atoms with Gasteiger partial charge in [-0.2, -0.15) is 8.78 Å². The molecule has 0 unspecified atom stereocenters. The van der Waals surface area contributed by atoms with Crippen molar-refractivity contribution < 1.29 is 13.5 Å². The second-order valence-electron chi connectivity index (χ2n) is 6.11. The molecule has 2 aromatic carbocycles. The lowest BCUT2D eigenvalue weighted by Gasteiger charge is -2.12. The molecule has 0 radical (unpaired) electrons. The van der Waals surface area contributed by atoms with Crippen molar-refractivity contribution in [3.8, 4) is 5.75 Å². The molecule has 0 amide bonds. The zero-order valence-electron chi connectivity index (χ0n) is 15.8. The largest absolute Gasteiger partial charge is 0.434 e. The number of alkyl halides is 2. The van der Waals surface area contributed by atoms with Gasteiger partial charge in [-0.15, -0.1) is 0 Å². The summed E-state index contributed by atoms with van der Waals surface area (Å²) in [6.45, 7) is 0.449. The first-order valence-electron chi connectivity index (χ1n) is 9.03. The van der Waals surface area contributed by atoms with E-state index in [4.69, 9.17) is 0 Å². The van der Waals surface area contributed by atoms with Crippen molar-refractivity contribution in [1.29, 1.82) is 0 Å². The molecule has 3 rings (SSSR count). The van der Waals surface area contributed by atoms with E-state index in [9.17, 15) is 8.78 Å². The number of hydrogen-bond donors (Lipinski definition) is 2. The molecule has 0 saturated carbocycles. The molecule has 8 heteroatoms. The Balaban J connectivity index is 1.72. The third-order valence-corrected chi connectivity index (χ3v) is 4.23. The van der Waals surface area contributed by atoms with Crippen LogP contribution in [-0.4, -0.2) is 28.7 Å². The normalized spacial score (nSPS) is 11.8. The van der Waals surface area contributed by atoms with Crippen molar-refractivity contribution in [3.63, 3.8) is 0 Å². The summed E-state index contributed by atoms with van der Waals surface area (Å²) in [6.07, 6.45) is 0. The van der Waals surface area contributed by atoms with Gasteiger partial charge in [0.25, 0.3) is 0 Å². The first-order valence-corrected chi connectivity index (χ1v) is 9.03. The predicted octanol–water partition coefficient (Wildman–Crippen LogP) is 3.43. The fraction of sp³-hybridized carbons (Fsp3) is 0.300. The standard InChI is InChI=1S/C20H23F2N5O/c1-3-23-20(24-12-14-8-4-7-11-17(14)28-19(21)22)25-13-18-26-15-9-5-6-10-16(15)27(18)2/h4-11,19H,3,12-13H2,1-2H3,(H2,23,24,25). The van der Waals surface area contributed by atoms with E-state index in [-0.39, 0.29) is 12.3 Å². The summed E-state index contributed by atoms with van der Waals surface area (Å²) in [5.74, 6) is 1.57. The van der Waals surface area contributed by atoms with E-state index in [1.165, 1.54) is 6.07 Å². The van der Waals surface area contributed by atoms with E-state index < -0.39 is 6.61 Å². The summed E-state index contributed by atoms with van der Waals surface area (Å²) in [6, 6.07) is 14.6. The molecule has 0 bridgehead atoms. The summed E-state index contributed by atoms with van der Waals surface area (Å²) in [4.78, 5) is 9.11. The van der Waals surface area contributed by atoms with Crippen LogP contribution in [0, 0.1) is 0 Å². The van der Waals surface area contributed by atoms with Gasteiger partial charge in [-0.25, -0.2) is 9.98 Å². The fourth-order valence-corrected chi connectivity index (χ4v) is 2.87. The maximum atomic E-state index is 12.6. The van der Waals surface area contributed by atoms with Crippen molar-refractivity contribution in [2.24, 2.45) is 12.0 Å². The number of halogens is 2. The van der Waals surface area contributed by atoms with E-state index in [2.05, 4.69) is 25.3 Å². The minimum atomic E-state index is -2.87. The molecule has 148 valence electrons. The topological polar surface area (TPSA) is 63.5 Å². The van der Waals surface area contributed by atoms with Crippen LogP contribution in [0.2, 0.25) is 0 Å². The van der Waals surface area contributed by atoms with Crippen LogP contribution in [0.3, 0.4) is 0 Å². The average molecular weight is 387 g/mol. The first-order chi connectivity index (χ1) is 13.6. The Bertz CT molecular complexity index is 955. The number of aromatic nitrogens is 2. The highest BCUT2D eigenvalue weighted by molar-refractivity contribution is 5.80. The van der Waals surface area contributed by atoms with Gasteiger partial charge in [0, 0.05) is 19.2 Å². The van der Waals surface area contributed by atoms with Crippen LogP contribution in [0.25, 0.3) is 11.0 Å². The van der Waals surface area contributed by atoms with Crippen molar-refractivity contribution >= 4 is 17.0 Å². The van der Waals surface area contributed by atoms with Crippen LogP contribution in [-0.2, 0) is 20.1 Å². The Morgan fingerprint density at radius 1 is 1.14 bits per heavy atom. The first kappa shape index (κ1) is 19.6. The van der Waals surface area contributed by atoms with Gasteiger partial charge in [-0.3, -0.25) is 0 Å². The number of nitrogens with zero attached hydrogens (tertiary/aromatic N) is 3. The molecule has 2 N–H and O–H groups in total. The fourth-order valence-electron chi connectivity index (χ4n) is 2.87. The Morgan fingerprint density at radius 3 is 2.64 bits per heavy atom. The van der Waals surface area contributed by atoms with Gasteiger partial charge in [-0.1, -0.05) is 30.3 Å². The third-order valence-electron chi connectivity index (χ3n) is 4.23. The van der Waals surface area contributed by atoms with Crippen LogP contribution in [0.5, 0.6) is 5.75 Å². The molecule has 0 aliphatic heterocycles. The van der Waals surface area contributed by atoms with E-state index in [0.29, 0.717) is 24.6 Å². The maximum Gasteiger partial charge on any atom is 0.387 e. The number of imidazole rings is 1. The third kappa shape index (κ3) is 4.76. The lowest BCUT2D eigenvalue weighted by molar-refractivity contribution is -0.0504. The van der Waals surface area contributed by atoms with Gasteiger partial charge in [0.1, 0.15) is 11.6 Å². The van der Waals surface area contributed by atoms with E-state index in [1.807, 2.05) is 42.8 Å². The van der Waals surface area contributed by atoms with Gasteiger partial charge >= 0.3 is 6.61 Å². The van der Waals surface area contributed by atoms with Crippen LogP contribution < -0.4 is 15.4 Å². The number of ether oxygens (including phenoxy) is 1. The van der Waals surface area contributed by atoms with Crippen molar-refractivity contribution in [2.45, 2.75) is 26.6 Å². The van der Waals surface area contributed by atoms with Gasteiger partial charge in [0.2, 0.25) is 0 Å². The number of para-hydroxylation sites is 3. The van der Waals surface area contributed by atoms with E-state index >= 15 is 0 Å². The summed E-state index contributed by atoms with van der Waals surface area (Å²) in [5, 5.41) is 6.39. The monoisotopic (exact) mass is 387 g/mol.